The van der Waals surface area contributed by atoms with Crippen LogP contribution < -0.4 is 28.5 Å². The Labute approximate surface area is 139 Å². The van der Waals surface area contributed by atoms with Gasteiger partial charge in [0.15, 0.2) is 0 Å². The van der Waals surface area contributed by atoms with E-state index in [0.717, 1.165) is 11.0 Å². The van der Waals surface area contributed by atoms with E-state index in [0.29, 0.717) is 6.73 Å². The lowest BCUT2D eigenvalue weighted by Crippen LogP contribution is -3.00. The molecule has 0 fully saturated rings. The second kappa shape index (κ2) is 5.61. The summed E-state index contributed by atoms with van der Waals surface area (Å²) in [6.45, 7) is 0.541. The smallest absolute Gasteiger partial charge is 0.253 e. The molecule has 4 heteroatoms. The van der Waals surface area contributed by atoms with Crippen LogP contribution in [0.25, 0.3) is 32.8 Å². The zero-order valence-electron chi connectivity index (χ0n) is 11.6. The van der Waals surface area contributed by atoms with Crippen molar-refractivity contribution in [3.05, 3.63) is 54.6 Å². The van der Waals surface area contributed by atoms with Gasteiger partial charge in [-0.15, -0.1) is 0 Å². The topological polar surface area (TPSA) is 28.9 Å². The van der Waals surface area contributed by atoms with Gasteiger partial charge in [0.25, 0.3) is 6.73 Å². The molecule has 0 saturated heterocycles. The molecule has 0 aliphatic heterocycles. The molecular weight excluding hydrogens is 375 g/mol. The molecular formula is C17H15IN2O. The van der Waals surface area contributed by atoms with Crippen LogP contribution in [0.3, 0.4) is 0 Å². The maximum absolute atomic E-state index is 5.41. The number of pyridine rings is 1. The van der Waals surface area contributed by atoms with Gasteiger partial charge in [-0.2, -0.15) is 4.57 Å². The molecule has 0 saturated carbocycles. The first-order valence-electron chi connectivity index (χ1n) is 6.69. The molecule has 106 valence electrons. The standard InChI is InChI=1S/C17H14N2O.HI/c1-20-11-19-16-9-5-2-6-12(16)10-15-17(19)13-7-3-4-8-14(13)18-15;/h2-10H,11H2,1H3;1H. The van der Waals surface area contributed by atoms with Crippen molar-refractivity contribution in [2.24, 2.45) is 0 Å². The number of hydrogen-bond donors (Lipinski definition) is 1. The van der Waals surface area contributed by atoms with E-state index in [1.807, 2.05) is 0 Å². The fraction of sp³-hybridized carbons (Fsp3) is 0.118. The zero-order chi connectivity index (χ0) is 13.5. The van der Waals surface area contributed by atoms with E-state index in [-0.39, 0.29) is 24.0 Å². The molecule has 0 aliphatic carbocycles. The number of rotatable bonds is 2. The van der Waals surface area contributed by atoms with Gasteiger partial charge in [0, 0.05) is 18.6 Å². The highest BCUT2D eigenvalue weighted by Crippen LogP contribution is 2.25. The van der Waals surface area contributed by atoms with Crippen LogP contribution in [0.4, 0.5) is 0 Å². The SMILES string of the molecule is COC[n+]1c2ccccc2cc2[nH]c3ccccc3c21.[I-]. The maximum Gasteiger partial charge on any atom is 0.253 e. The third kappa shape index (κ3) is 2.18. The fourth-order valence-electron chi connectivity index (χ4n) is 2.94. The Morgan fingerprint density at radius 1 is 1.00 bits per heavy atom. The molecule has 2 aromatic carbocycles. The largest absolute Gasteiger partial charge is 1.00 e. The summed E-state index contributed by atoms with van der Waals surface area (Å²) in [5, 5.41) is 2.44. The maximum atomic E-state index is 5.41. The molecule has 0 aliphatic rings. The molecule has 0 atom stereocenters. The summed E-state index contributed by atoms with van der Waals surface area (Å²) in [5.74, 6) is 0. The van der Waals surface area contributed by atoms with E-state index >= 15 is 0 Å². The fourth-order valence-corrected chi connectivity index (χ4v) is 2.94. The van der Waals surface area contributed by atoms with Crippen LogP contribution in [-0.2, 0) is 11.5 Å². The van der Waals surface area contributed by atoms with E-state index < -0.39 is 0 Å². The van der Waals surface area contributed by atoms with Crippen molar-refractivity contribution in [2.45, 2.75) is 6.73 Å². The number of aromatic amines is 1. The van der Waals surface area contributed by atoms with Crippen molar-refractivity contribution < 1.29 is 33.3 Å². The highest BCUT2D eigenvalue weighted by molar-refractivity contribution is 6.05. The Hall–Kier alpha value is -1.66. The number of nitrogens with one attached hydrogen (secondary N) is 1. The summed E-state index contributed by atoms with van der Waals surface area (Å²) in [6.07, 6.45) is 0. The molecule has 0 spiro atoms. The normalized spacial score (nSPS) is 11.1. The number of hydrogen-bond acceptors (Lipinski definition) is 1. The van der Waals surface area contributed by atoms with Crippen molar-refractivity contribution in [3.63, 3.8) is 0 Å². The minimum absolute atomic E-state index is 0. The molecule has 2 aromatic heterocycles. The number of nitrogens with zero attached hydrogens (tertiary/aromatic N) is 1. The van der Waals surface area contributed by atoms with Crippen LogP contribution in [0, 0.1) is 0 Å². The van der Waals surface area contributed by atoms with E-state index in [4.69, 9.17) is 4.74 Å². The van der Waals surface area contributed by atoms with Crippen molar-refractivity contribution in [3.8, 4) is 0 Å². The lowest BCUT2D eigenvalue weighted by Gasteiger charge is -2.02. The monoisotopic (exact) mass is 390 g/mol. The van der Waals surface area contributed by atoms with Gasteiger partial charge in [-0.05, 0) is 24.3 Å². The Bertz CT molecular complexity index is 930. The molecule has 4 aromatic rings. The van der Waals surface area contributed by atoms with Gasteiger partial charge in [-0.1, -0.05) is 24.3 Å². The third-order valence-corrected chi connectivity index (χ3v) is 3.76. The highest BCUT2D eigenvalue weighted by Gasteiger charge is 2.19. The molecule has 0 bridgehead atoms. The Balaban J connectivity index is 0.00000132. The van der Waals surface area contributed by atoms with Crippen LogP contribution in [0.15, 0.2) is 54.6 Å². The summed E-state index contributed by atoms with van der Waals surface area (Å²) in [4.78, 5) is 3.49. The number of benzene rings is 2. The van der Waals surface area contributed by atoms with Gasteiger partial charge >= 0.3 is 0 Å². The van der Waals surface area contributed by atoms with Crippen molar-refractivity contribution >= 4 is 32.8 Å². The van der Waals surface area contributed by atoms with Crippen LogP contribution in [0.5, 0.6) is 0 Å². The molecule has 21 heavy (non-hydrogen) atoms. The summed E-state index contributed by atoms with van der Waals surface area (Å²) in [5.41, 5.74) is 4.68. The molecule has 0 unspecified atom stereocenters. The van der Waals surface area contributed by atoms with Crippen LogP contribution in [0.1, 0.15) is 0 Å². The van der Waals surface area contributed by atoms with Gasteiger partial charge in [0.05, 0.1) is 10.9 Å². The molecule has 1 N–H and O–H groups in total. The molecule has 3 nitrogen and oxygen atoms in total. The third-order valence-electron chi connectivity index (χ3n) is 3.76. The van der Waals surface area contributed by atoms with Gasteiger partial charge in [0.1, 0.15) is 5.52 Å². The Morgan fingerprint density at radius 2 is 1.76 bits per heavy atom. The number of ether oxygens (including phenoxy) is 1. The number of methoxy groups -OCH3 is 1. The number of para-hydroxylation sites is 2. The second-order valence-electron chi connectivity index (χ2n) is 4.98. The van der Waals surface area contributed by atoms with E-state index in [2.05, 4.69) is 64.1 Å². The first-order chi connectivity index (χ1) is 9.88. The Kier molecular flexibility index (Phi) is 3.82. The number of fused-ring (bicyclic) bond motifs is 4. The lowest BCUT2D eigenvalue weighted by atomic mass is 10.1. The number of H-pyrrole nitrogens is 1. The number of aromatic nitrogens is 2. The summed E-state index contributed by atoms with van der Waals surface area (Å²) < 4.78 is 7.64. The zero-order valence-corrected chi connectivity index (χ0v) is 13.8. The van der Waals surface area contributed by atoms with Crippen molar-refractivity contribution in [2.75, 3.05) is 7.11 Å². The average molecular weight is 390 g/mol. The average Bonchev–Trinajstić information content (AvgIpc) is 2.85. The second-order valence-corrected chi connectivity index (χ2v) is 4.98. The van der Waals surface area contributed by atoms with Crippen molar-refractivity contribution in [1.29, 1.82) is 0 Å². The van der Waals surface area contributed by atoms with Gasteiger partial charge in [-0.25, -0.2) is 0 Å². The van der Waals surface area contributed by atoms with Crippen LogP contribution in [0.2, 0.25) is 0 Å². The van der Waals surface area contributed by atoms with E-state index in [1.54, 1.807) is 7.11 Å². The number of halogens is 1. The first-order valence-corrected chi connectivity index (χ1v) is 6.69. The molecule has 0 amide bonds. The van der Waals surface area contributed by atoms with Crippen LogP contribution >= 0.6 is 0 Å². The van der Waals surface area contributed by atoms with E-state index in [9.17, 15) is 0 Å². The van der Waals surface area contributed by atoms with Crippen LogP contribution in [-0.4, -0.2) is 12.1 Å². The van der Waals surface area contributed by atoms with Crippen molar-refractivity contribution in [1.82, 2.24) is 4.98 Å². The summed E-state index contributed by atoms with van der Waals surface area (Å²) >= 11 is 0. The molecule has 4 rings (SSSR count). The predicted octanol–water partition coefficient (Wildman–Crippen LogP) is 0.370. The molecule has 2 heterocycles. The van der Waals surface area contributed by atoms with Gasteiger partial charge in [0.2, 0.25) is 11.0 Å². The predicted molar refractivity (Wildman–Crippen MR) is 80.5 cm³/mol. The Morgan fingerprint density at radius 3 is 2.62 bits per heavy atom. The highest BCUT2D eigenvalue weighted by atomic mass is 127. The minimum atomic E-state index is 0. The first kappa shape index (κ1) is 14.3. The van der Waals surface area contributed by atoms with Gasteiger partial charge < -0.3 is 33.7 Å². The quantitative estimate of drug-likeness (QED) is 0.389. The minimum Gasteiger partial charge on any atom is -1.00 e. The molecule has 0 radical (unpaired) electrons. The summed E-state index contributed by atoms with van der Waals surface area (Å²) in [6, 6.07) is 19.0. The lowest BCUT2D eigenvalue weighted by molar-refractivity contribution is -0.683. The summed E-state index contributed by atoms with van der Waals surface area (Å²) in [7, 11) is 1.73. The van der Waals surface area contributed by atoms with E-state index in [1.165, 1.54) is 21.8 Å². The van der Waals surface area contributed by atoms with Gasteiger partial charge in [-0.3, -0.25) is 0 Å².